The molecule has 280 valence electrons. The summed E-state index contributed by atoms with van der Waals surface area (Å²) >= 11 is 3.18. The van der Waals surface area contributed by atoms with Gasteiger partial charge in [0.2, 0.25) is 11.8 Å². The van der Waals surface area contributed by atoms with Crippen LogP contribution >= 0.6 is 15.9 Å². The average Bonchev–Trinajstić information content (AvgIpc) is 3.60. The molecule has 2 unspecified atom stereocenters. The number of likely N-dealkylation sites (tertiary alicyclic amines) is 1. The second-order valence-corrected chi connectivity index (χ2v) is 15.7. The average molecular weight is 788 g/mol. The fourth-order valence-corrected chi connectivity index (χ4v) is 9.32. The number of alkyl halides is 3. The fourth-order valence-electron chi connectivity index (χ4n) is 8.81. The summed E-state index contributed by atoms with van der Waals surface area (Å²) in [6, 6.07) is 13.4. The largest absolute Gasteiger partial charge is 0.418 e. The van der Waals surface area contributed by atoms with E-state index in [9.17, 15) is 27.6 Å². The summed E-state index contributed by atoms with van der Waals surface area (Å²) in [4.78, 5) is 52.1. The summed E-state index contributed by atoms with van der Waals surface area (Å²) in [7, 11) is 2.22. The molecule has 0 saturated carbocycles. The summed E-state index contributed by atoms with van der Waals surface area (Å²) in [6.07, 6.45) is 0.891. The van der Waals surface area contributed by atoms with E-state index in [0.717, 1.165) is 37.6 Å². The van der Waals surface area contributed by atoms with Crippen LogP contribution in [0.1, 0.15) is 62.1 Å². The van der Waals surface area contributed by atoms with Gasteiger partial charge < -0.3 is 20.4 Å². The molecule has 4 aliphatic rings. The Bertz CT molecular complexity index is 1800. The van der Waals surface area contributed by atoms with Crippen LogP contribution in [0.2, 0.25) is 0 Å². The molecule has 4 fully saturated rings. The van der Waals surface area contributed by atoms with Crippen molar-refractivity contribution < 1.29 is 22.8 Å². The molecule has 3 N–H and O–H groups in total. The van der Waals surface area contributed by atoms with Crippen molar-refractivity contribution in [3.05, 3.63) is 68.5 Å². The highest BCUT2D eigenvalue weighted by molar-refractivity contribution is 9.10. The Morgan fingerprint density at radius 2 is 1.58 bits per heavy atom. The van der Waals surface area contributed by atoms with E-state index in [-0.39, 0.29) is 46.4 Å². The van der Waals surface area contributed by atoms with E-state index in [1.807, 2.05) is 30.3 Å². The lowest BCUT2D eigenvalue weighted by atomic mass is 9.91. The molecule has 11 nitrogen and oxygen atoms in total. The topological polar surface area (TPSA) is 124 Å². The van der Waals surface area contributed by atoms with Crippen LogP contribution < -0.4 is 11.4 Å². The number of aromatic nitrogens is 3. The van der Waals surface area contributed by atoms with Gasteiger partial charge in [-0.2, -0.15) is 13.2 Å². The predicted octanol–water partition coefficient (Wildman–Crippen LogP) is 4.78. The summed E-state index contributed by atoms with van der Waals surface area (Å²) in [5, 5.41) is 4.53. The maximum absolute atomic E-state index is 14.2. The Balaban J connectivity index is 1.03. The van der Waals surface area contributed by atoms with Gasteiger partial charge in [0.15, 0.2) is 5.82 Å². The van der Waals surface area contributed by atoms with Gasteiger partial charge in [0.05, 0.1) is 23.2 Å². The lowest BCUT2D eigenvalue weighted by Gasteiger charge is -2.45. The molecule has 1 aromatic heterocycles. The number of nitrogen functional groups attached to an aromatic ring is 1. The Morgan fingerprint density at radius 3 is 2.21 bits per heavy atom. The smallest absolute Gasteiger partial charge is 0.397 e. The van der Waals surface area contributed by atoms with Crippen LogP contribution in [-0.2, 0) is 22.2 Å². The van der Waals surface area contributed by atoms with E-state index < -0.39 is 23.3 Å². The first-order chi connectivity index (χ1) is 24.9. The third kappa shape index (κ3) is 7.67. The fraction of sp³-hybridized carbons (Fsp3) is 0.568. The molecule has 15 heteroatoms. The van der Waals surface area contributed by atoms with Crippen LogP contribution in [-0.4, -0.2) is 111 Å². The van der Waals surface area contributed by atoms with Crippen molar-refractivity contribution in [2.45, 2.75) is 81.7 Å². The molecular formula is C37H46BrF3N8O3. The number of aromatic amines is 1. The zero-order valence-electron chi connectivity index (χ0n) is 29.3. The van der Waals surface area contributed by atoms with E-state index in [2.05, 4.69) is 42.9 Å². The van der Waals surface area contributed by atoms with Gasteiger partial charge in [0, 0.05) is 73.9 Å². The Labute approximate surface area is 309 Å². The molecule has 2 amide bonds. The molecule has 0 spiro atoms. The van der Waals surface area contributed by atoms with Crippen molar-refractivity contribution in [2.24, 2.45) is 5.92 Å². The lowest BCUT2D eigenvalue weighted by molar-refractivity contribution is -0.143. The molecule has 2 aromatic carbocycles. The van der Waals surface area contributed by atoms with E-state index in [0.29, 0.717) is 63.0 Å². The molecule has 3 aromatic rings. The van der Waals surface area contributed by atoms with Gasteiger partial charge in [-0.15, -0.1) is 5.10 Å². The van der Waals surface area contributed by atoms with Gasteiger partial charge in [-0.3, -0.25) is 19.5 Å². The number of piperidine rings is 2. The highest BCUT2D eigenvalue weighted by Crippen LogP contribution is 2.39. The molecule has 4 aliphatic heterocycles. The number of H-pyrrole nitrogens is 1. The van der Waals surface area contributed by atoms with Crippen molar-refractivity contribution in [2.75, 3.05) is 52.0 Å². The first-order valence-electron chi connectivity index (χ1n) is 18.3. The molecule has 5 heterocycles. The van der Waals surface area contributed by atoms with Crippen molar-refractivity contribution in [1.82, 2.24) is 34.4 Å². The SMILES string of the molecule is CN1C2CCC1CC(N1CCN(C(=O)[C@H](CC(=O)N3CCC(n4nc(-c5ccccc5)[nH]c4=O)CC3)Cc3cc(Br)c(N)c(C(F)(F)F)c3)CC1)C2. The first-order valence-corrected chi connectivity index (χ1v) is 19.1. The molecule has 3 atom stereocenters. The number of hydrogen-bond acceptors (Lipinski definition) is 7. The van der Waals surface area contributed by atoms with Gasteiger partial charge in [-0.25, -0.2) is 9.48 Å². The van der Waals surface area contributed by atoms with E-state index in [1.54, 1.807) is 9.80 Å². The lowest BCUT2D eigenvalue weighted by Crippen LogP contribution is -2.56. The standard InChI is InChI=1S/C37H46BrF3N8O3/c1-45-27-7-8-28(45)22-29(21-27)46-13-15-48(16-14-46)35(51)25(17-23-18-30(37(39,40)41)33(42)31(38)19-23)20-32(50)47-11-9-26(10-12-47)49-36(52)43-34(44-49)24-5-3-2-4-6-24/h2-6,18-19,25-29H,7-17,20-22,42H2,1H3,(H,43,44,52)/t25-,27?,28?,29?/m0/s1. The minimum Gasteiger partial charge on any atom is -0.397 e. The third-order valence-corrected chi connectivity index (χ3v) is 12.5. The quantitative estimate of drug-likeness (QED) is 0.315. The molecule has 7 rings (SSSR count). The minimum absolute atomic E-state index is 0.0353. The Morgan fingerprint density at radius 1 is 0.923 bits per heavy atom. The van der Waals surface area contributed by atoms with Crippen molar-refractivity contribution >= 4 is 33.4 Å². The highest BCUT2D eigenvalue weighted by Gasteiger charge is 2.42. The number of halogens is 4. The minimum atomic E-state index is -4.68. The van der Waals surface area contributed by atoms with E-state index in [1.165, 1.54) is 23.6 Å². The van der Waals surface area contributed by atoms with Gasteiger partial charge >= 0.3 is 11.9 Å². The summed E-state index contributed by atoms with van der Waals surface area (Å²) in [5.74, 6) is -0.825. The van der Waals surface area contributed by atoms with Crippen LogP contribution in [0.3, 0.4) is 0 Å². The number of carbonyl (C=O) groups excluding carboxylic acids is 2. The second-order valence-electron chi connectivity index (χ2n) is 14.9. The molecule has 52 heavy (non-hydrogen) atoms. The van der Waals surface area contributed by atoms with Crippen LogP contribution in [0.15, 0.2) is 51.7 Å². The maximum Gasteiger partial charge on any atom is 0.418 e. The number of hydrogen-bond donors (Lipinski definition) is 2. The number of nitrogens with two attached hydrogens (primary N) is 1. The highest BCUT2D eigenvalue weighted by atomic mass is 79.9. The van der Waals surface area contributed by atoms with Gasteiger partial charge in [-0.05, 0) is 85.6 Å². The molecule has 4 saturated heterocycles. The van der Waals surface area contributed by atoms with Crippen LogP contribution in [0.4, 0.5) is 18.9 Å². The number of piperazine rings is 1. The van der Waals surface area contributed by atoms with Crippen molar-refractivity contribution in [1.29, 1.82) is 0 Å². The monoisotopic (exact) mass is 786 g/mol. The summed E-state index contributed by atoms with van der Waals surface area (Å²) in [6.45, 7) is 3.23. The number of anilines is 1. The molecule has 0 radical (unpaired) electrons. The first kappa shape index (κ1) is 36.7. The van der Waals surface area contributed by atoms with Crippen LogP contribution in [0, 0.1) is 5.92 Å². The number of nitrogens with one attached hydrogen (secondary N) is 1. The number of nitrogens with zero attached hydrogens (tertiary/aromatic N) is 6. The molecule has 0 aliphatic carbocycles. The number of fused-ring (bicyclic) bond motifs is 2. The van der Waals surface area contributed by atoms with Gasteiger partial charge in [-0.1, -0.05) is 30.3 Å². The Hall–Kier alpha value is -3.69. The summed E-state index contributed by atoms with van der Waals surface area (Å²) < 4.78 is 43.3. The Kier molecular flexibility index (Phi) is 10.6. The summed E-state index contributed by atoms with van der Waals surface area (Å²) in [5.41, 5.74) is 5.16. The zero-order chi connectivity index (χ0) is 36.7. The van der Waals surface area contributed by atoms with E-state index in [4.69, 9.17) is 5.73 Å². The van der Waals surface area contributed by atoms with Crippen LogP contribution in [0.25, 0.3) is 11.4 Å². The van der Waals surface area contributed by atoms with Gasteiger partial charge in [0.25, 0.3) is 0 Å². The van der Waals surface area contributed by atoms with Crippen molar-refractivity contribution in [3.63, 3.8) is 0 Å². The maximum atomic E-state index is 14.2. The number of carbonyl (C=O) groups is 2. The zero-order valence-corrected chi connectivity index (χ0v) is 30.9. The van der Waals surface area contributed by atoms with Crippen LogP contribution in [0.5, 0.6) is 0 Å². The van der Waals surface area contributed by atoms with Gasteiger partial charge in [0.1, 0.15) is 0 Å². The number of amides is 2. The molecular weight excluding hydrogens is 741 g/mol. The number of rotatable bonds is 8. The van der Waals surface area contributed by atoms with E-state index >= 15 is 0 Å². The number of benzene rings is 2. The predicted molar refractivity (Wildman–Crippen MR) is 194 cm³/mol. The van der Waals surface area contributed by atoms with Crippen molar-refractivity contribution in [3.8, 4) is 11.4 Å². The third-order valence-electron chi connectivity index (χ3n) is 11.8. The second kappa shape index (κ2) is 15.0. The normalized spacial score (nSPS) is 24.0. The molecule has 2 bridgehead atoms.